The highest BCUT2D eigenvalue weighted by Gasteiger charge is 2.28. The zero-order valence-corrected chi connectivity index (χ0v) is 12.5. The summed E-state index contributed by atoms with van der Waals surface area (Å²) in [6.45, 7) is 2.33. The molecule has 0 aliphatic carbocycles. The van der Waals surface area contributed by atoms with E-state index in [2.05, 4.69) is 15.1 Å². The topological polar surface area (TPSA) is 70.6 Å². The number of nitrogens with zero attached hydrogens (tertiary/aromatic N) is 3. The van der Waals surface area contributed by atoms with Crippen LogP contribution in [0.25, 0.3) is 11.0 Å². The third-order valence-corrected chi connectivity index (χ3v) is 3.65. The van der Waals surface area contributed by atoms with E-state index in [1.807, 2.05) is 6.92 Å². The summed E-state index contributed by atoms with van der Waals surface area (Å²) in [5.41, 5.74) is 2.20. The molecule has 1 aromatic heterocycles. The van der Waals surface area contributed by atoms with Crippen molar-refractivity contribution in [3.8, 4) is 0 Å². The third kappa shape index (κ3) is 2.93. The van der Waals surface area contributed by atoms with Gasteiger partial charge in [0.1, 0.15) is 11.6 Å². The molecule has 1 aromatic carbocycles. The molecule has 1 N–H and O–H groups in total. The van der Waals surface area contributed by atoms with Gasteiger partial charge in [-0.05, 0) is 25.1 Å². The summed E-state index contributed by atoms with van der Waals surface area (Å²) in [5, 5.41) is 3.79. The van der Waals surface area contributed by atoms with Gasteiger partial charge in [0.05, 0.1) is 16.7 Å². The Morgan fingerprint density at radius 1 is 1.55 bits per heavy atom. The second-order valence-corrected chi connectivity index (χ2v) is 5.48. The van der Waals surface area contributed by atoms with Gasteiger partial charge in [0.25, 0.3) is 5.91 Å². The lowest BCUT2D eigenvalue weighted by molar-refractivity contribution is -0.140. The molecule has 2 heterocycles. The van der Waals surface area contributed by atoms with Crippen molar-refractivity contribution in [2.24, 2.45) is 5.16 Å². The lowest BCUT2D eigenvalue weighted by Crippen LogP contribution is -2.37. The Kier molecular flexibility index (Phi) is 3.79. The number of H-pyrrole nitrogens is 1. The maximum atomic E-state index is 13.1. The van der Waals surface area contributed by atoms with Gasteiger partial charge in [0.15, 0.2) is 0 Å². The van der Waals surface area contributed by atoms with Crippen LogP contribution in [0.4, 0.5) is 4.39 Å². The molecule has 1 atom stereocenters. The van der Waals surface area contributed by atoms with Crippen LogP contribution in [0, 0.1) is 5.82 Å². The molecule has 0 radical (unpaired) electrons. The summed E-state index contributed by atoms with van der Waals surface area (Å²) in [7, 11) is 1.72. The molecule has 1 amide bonds. The van der Waals surface area contributed by atoms with Gasteiger partial charge >= 0.3 is 0 Å². The van der Waals surface area contributed by atoms with Crippen LogP contribution in [0.5, 0.6) is 0 Å². The summed E-state index contributed by atoms with van der Waals surface area (Å²) < 4.78 is 13.1. The average molecular weight is 304 g/mol. The van der Waals surface area contributed by atoms with Crippen LogP contribution in [0.3, 0.4) is 0 Å². The first-order valence-electron chi connectivity index (χ1n) is 7.11. The molecule has 22 heavy (non-hydrogen) atoms. The minimum atomic E-state index is -0.519. The summed E-state index contributed by atoms with van der Waals surface area (Å²) in [6.07, 6.45) is 0.577. The van der Waals surface area contributed by atoms with Crippen molar-refractivity contribution in [3.05, 3.63) is 29.8 Å². The van der Waals surface area contributed by atoms with Crippen LogP contribution < -0.4 is 0 Å². The Bertz CT molecular complexity index is 740. The molecule has 0 saturated heterocycles. The number of hydrogen-bond donors (Lipinski definition) is 1. The van der Waals surface area contributed by atoms with Crippen LogP contribution in [0.2, 0.25) is 0 Å². The van der Waals surface area contributed by atoms with Crippen LogP contribution in [-0.2, 0) is 16.1 Å². The molecule has 0 fully saturated rings. The van der Waals surface area contributed by atoms with E-state index in [1.165, 1.54) is 12.1 Å². The fraction of sp³-hybridized carbons (Fsp3) is 0.400. The molecule has 116 valence electrons. The normalized spacial score (nSPS) is 17.4. The first-order chi connectivity index (χ1) is 10.5. The molecule has 0 saturated carbocycles. The maximum Gasteiger partial charge on any atom is 0.266 e. The number of aromatic nitrogens is 2. The number of rotatable bonds is 4. The van der Waals surface area contributed by atoms with E-state index in [9.17, 15) is 9.18 Å². The van der Waals surface area contributed by atoms with Gasteiger partial charge in [-0.25, -0.2) is 9.37 Å². The average Bonchev–Trinajstić information content (AvgIpc) is 3.09. The number of nitrogens with one attached hydrogen (secondary N) is 1. The fourth-order valence-electron chi connectivity index (χ4n) is 2.41. The van der Waals surface area contributed by atoms with Gasteiger partial charge in [0.2, 0.25) is 6.10 Å². The van der Waals surface area contributed by atoms with Crippen LogP contribution in [-0.4, -0.2) is 46.2 Å². The van der Waals surface area contributed by atoms with Crippen molar-refractivity contribution in [1.82, 2.24) is 14.9 Å². The van der Waals surface area contributed by atoms with Crippen molar-refractivity contribution in [2.45, 2.75) is 25.9 Å². The fourth-order valence-corrected chi connectivity index (χ4v) is 2.41. The molecule has 2 aromatic rings. The molecule has 7 heteroatoms. The SMILES string of the molecule is CC1=NO[C@@H](C(=O)N(C)CCc2nc3ccc(F)cc3[nH]2)C1. The lowest BCUT2D eigenvalue weighted by Gasteiger charge is -2.19. The maximum absolute atomic E-state index is 13.1. The summed E-state index contributed by atoms with van der Waals surface area (Å²) in [6, 6.07) is 4.42. The number of amides is 1. The second-order valence-electron chi connectivity index (χ2n) is 5.48. The monoisotopic (exact) mass is 304 g/mol. The zero-order chi connectivity index (χ0) is 15.7. The van der Waals surface area contributed by atoms with Gasteiger partial charge in [0, 0.05) is 26.4 Å². The van der Waals surface area contributed by atoms with Crippen LogP contribution in [0.1, 0.15) is 19.2 Å². The number of hydrogen-bond acceptors (Lipinski definition) is 4. The van der Waals surface area contributed by atoms with E-state index in [-0.39, 0.29) is 11.7 Å². The Morgan fingerprint density at radius 2 is 2.36 bits per heavy atom. The van der Waals surface area contributed by atoms with E-state index in [0.717, 1.165) is 11.5 Å². The first kappa shape index (κ1) is 14.5. The largest absolute Gasteiger partial charge is 0.382 e. The number of fused-ring (bicyclic) bond motifs is 1. The summed E-state index contributed by atoms with van der Waals surface area (Å²) in [5.74, 6) is 0.325. The molecule has 0 bridgehead atoms. The Hall–Kier alpha value is -2.44. The van der Waals surface area contributed by atoms with Crippen molar-refractivity contribution >= 4 is 22.7 Å². The van der Waals surface area contributed by atoms with Gasteiger partial charge in [-0.15, -0.1) is 0 Å². The van der Waals surface area contributed by atoms with Gasteiger partial charge < -0.3 is 14.7 Å². The minimum absolute atomic E-state index is 0.0947. The van der Waals surface area contributed by atoms with E-state index >= 15 is 0 Å². The van der Waals surface area contributed by atoms with Crippen molar-refractivity contribution in [2.75, 3.05) is 13.6 Å². The first-order valence-corrected chi connectivity index (χ1v) is 7.11. The van der Waals surface area contributed by atoms with E-state index < -0.39 is 6.10 Å². The van der Waals surface area contributed by atoms with Crippen molar-refractivity contribution in [3.63, 3.8) is 0 Å². The van der Waals surface area contributed by atoms with E-state index in [0.29, 0.717) is 30.4 Å². The highest BCUT2D eigenvalue weighted by Crippen LogP contribution is 2.15. The predicted molar refractivity (Wildman–Crippen MR) is 80.0 cm³/mol. The highest BCUT2D eigenvalue weighted by molar-refractivity contribution is 5.91. The molecule has 6 nitrogen and oxygen atoms in total. The number of imidazole rings is 1. The molecular weight excluding hydrogens is 287 g/mol. The van der Waals surface area contributed by atoms with E-state index in [4.69, 9.17) is 4.84 Å². The Labute approximate surface area is 127 Å². The van der Waals surface area contributed by atoms with Gasteiger partial charge in [-0.2, -0.15) is 0 Å². The Morgan fingerprint density at radius 3 is 3.09 bits per heavy atom. The number of oxime groups is 1. The molecule has 1 aliphatic heterocycles. The summed E-state index contributed by atoms with van der Waals surface area (Å²) in [4.78, 5) is 26.3. The molecule has 3 rings (SSSR count). The van der Waals surface area contributed by atoms with Crippen LogP contribution >= 0.6 is 0 Å². The number of halogens is 1. The third-order valence-electron chi connectivity index (χ3n) is 3.65. The minimum Gasteiger partial charge on any atom is -0.382 e. The highest BCUT2D eigenvalue weighted by atomic mass is 19.1. The Balaban J connectivity index is 1.60. The molecule has 0 unspecified atom stereocenters. The predicted octanol–water partition coefficient (Wildman–Crippen LogP) is 1.87. The number of benzene rings is 1. The number of carbonyl (C=O) groups is 1. The smallest absolute Gasteiger partial charge is 0.266 e. The molecular formula is C15H17FN4O2. The van der Waals surface area contributed by atoms with E-state index in [1.54, 1.807) is 18.0 Å². The zero-order valence-electron chi connectivity index (χ0n) is 12.5. The number of carbonyl (C=O) groups excluding carboxylic acids is 1. The molecule has 0 spiro atoms. The van der Waals surface area contributed by atoms with Crippen molar-refractivity contribution in [1.29, 1.82) is 0 Å². The quantitative estimate of drug-likeness (QED) is 0.937. The summed E-state index contributed by atoms with van der Waals surface area (Å²) >= 11 is 0. The number of aromatic amines is 1. The van der Waals surface area contributed by atoms with Crippen LogP contribution in [0.15, 0.2) is 23.4 Å². The van der Waals surface area contributed by atoms with Gasteiger partial charge in [-0.1, -0.05) is 5.16 Å². The second kappa shape index (κ2) is 5.75. The van der Waals surface area contributed by atoms with Gasteiger partial charge in [-0.3, -0.25) is 4.79 Å². The standard InChI is InChI=1S/C15H17FN4O2/c1-9-7-13(22-19-9)15(21)20(2)6-5-14-17-11-4-3-10(16)8-12(11)18-14/h3-4,8,13H,5-7H2,1-2H3,(H,17,18)/t13-/m1/s1. The molecule has 1 aliphatic rings. The van der Waals surface area contributed by atoms with Crippen molar-refractivity contribution < 1.29 is 14.0 Å². The number of likely N-dealkylation sites (N-methyl/N-ethyl adjacent to an activating group) is 1. The lowest BCUT2D eigenvalue weighted by atomic mass is 10.2.